The number of carboxylic acids is 1. The van der Waals surface area contributed by atoms with Crippen molar-refractivity contribution in [2.75, 3.05) is 25.0 Å². The summed E-state index contributed by atoms with van der Waals surface area (Å²) in [5, 5.41) is 15.4. The predicted molar refractivity (Wildman–Crippen MR) is 131 cm³/mol. The van der Waals surface area contributed by atoms with Crippen LogP contribution in [0.3, 0.4) is 0 Å². The second-order valence-corrected chi connectivity index (χ2v) is 10.3. The van der Waals surface area contributed by atoms with E-state index in [-0.39, 0.29) is 32.1 Å². The van der Waals surface area contributed by atoms with Gasteiger partial charge in [0.1, 0.15) is 18.0 Å². The van der Waals surface area contributed by atoms with Crippen LogP contribution in [0.5, 0.6) is 0 Å². The molecular formula is C26H38F2N4O4. The fourth-order valence-electron chi connectivity index (χ4n) is 5.06. The van der Waals surface area contributed by atoms with Gasteiger partial charge in [-0.25, -0.2) is 23.4 Å². The number of alkyl carbamates (subject to hydrolysis) is 1. The zero-order valence-corrected chi connectivity index (χ0v) is 20.8. The lowest BCUT2D eigenvalue weighted by Crippen LogP contribution is -2.45. The summed E-state index contributed by atoms with van der Waals surface area (Å²) in [5.41, 5.74) is 2.38. The summed E-state index contributed by atoms with van der Waals surface area (Å²) >= 11 is 0. The van der Waals surface area contributed by atoms with E-state index in [0.29, 0.717) is 12.6 Å². The van der Waals surface area contributed by atoms with E-state index in [0.717, 1.165) is 69.5 Å². The van der Waals surface area contributed by atoms with Gasteiger partial charge in [-0.3, -0.25) is 0 Å². The third-order valence-electron chi connectivity index (χ3n) is 7.38. The first kappa shape index (κ1) is 26.6. The van der Waals surface area contributed by atoms with Gasteiger partial charge in [-0.15, -0.1) is 0 Å². The van der Waals surface area contributed by atoms with E-state index in [1.807, 2.05) is 0 Å². The van der Waals surface area contributed by atoms with Crippen LogP contribution in [-0.4, -0.2) is 70.8 Å². The summed E-state index contributed by atoms with van der Waals surface area (Å²) in [6.45, 7) is 2.42. The molecule has 1 aromatic heterocycles. The van der Waals surface area contributed by atoms with Gasteiger partial charge in [0.05, 0.1) is 0 Å². The number of nitrogens with zero attached hydrogens (tertiary/aromatic N) is 2. The van der Waals surface area contributed by atoms with E-state index in [2.05, 4.69) is 27.7 Å². The highest BCUT2D eigenvalue weighted by molar-refractivity contribution is 5.79. The van der Waals surface area contributed by atoms with Crippen molar-refractivity contribution in [2.24, 2.45) is 0 Å². The number of fused-ring (bicyclic) bond motifs is 1. The zero-order chi connectivity index (χ0) is 25.5. The van der Waals surface area contributed by atoms with Crippen LogP contribution in [0.15, 0.2) is 12.1 Å². The molecule has 1 amide bonds. The number of halogens is 2. The normalized spacial score (nSPS) is 20.3. The molecule has 1 atom stereocenters. The van der Waals surface area contributed by atoms with Gasteiger partial charge in [0.2, 0.25) is 5.92 Å². The number of carbonyl (C=O) groups is 2. The minimum atomic E-state index is -2.71. The standard InChI is InChI=1S/C26H38F2N4O4/c27-26(28)13-10-21(11-14-26)36-25(35)31-22(24(33)34)12-17-32(20-8-9-20)16-2-1-5-19-7-6-18-4-3-15-29-23(18)30-19/h6-7,20-22H,1-5,8-17H2,(H,29,30)(H,31,35)(H,33,34). The summed E-state index contributed by atoms with van der Waals surface area (Å²) in [6.07, 6.45) is 5.71. The summed E-state index contributed by atoms with van der Waals surface area (Å²) in [5.74, 6) is -2.81. The average Bonchev–Trinajstić information content (AvgIpc) is 3.69. The van der Waals surface area contributed by atoms with Gasteiger partial charge >= 0.3 is 12.1 Å². The second-order valence-electron chi connectivity index (χ2n) is 10.3. The Kier molecular flexibility index (Phi) is 8.98. The van der Waals surface area contributed by atoms with Crippen molar-refractivity contribution in [2.45, 2.75) is 101 Å². The number of aromatic nitrogens is 1. The average molecular weight is 509 g/mol. The molecule has 3 N–H and O–H groups in total. The van der Waals surface area contributed by atoms with E-state index in [9.17, 15) is 23.5 Å². The maximum absolute atomic E-state index is 13.3. The Hall–Kier alpha value is -2.49. The van der Waals surface area contributed by atoms with E-state index in [1.54, 1.807) is 0 Å². The molecule has 2 heterocycles. The fraction of sp³-hybridized carbons (Fsp3) is 0.731. The number of nitrogens with one attached hydrogen (secondary N) is 2. The lowest BCUT2D eigenvalue weighted by Gasteiger charge is -2.28. The van der Waals surface area contributed by atoms with Gasteiger partial charge in [0.15, 0.2) is 0 Å². The molecule has 0 spiro atoms. The molecule has 4 rings (SSSR count). The Morgan fingerprint density at radius 3 is 2.69 bits per heavy atom. The van der Waals surface area contributed by atoms with E-state index < -0.39 is 30.1 Å². The maximum atomic E-state index is 13.3. The van der Waals surface area contributed by atoms with E-state index >= 15 is 0 Å². The topological polar surface area (TPSA) is 104 Å². The molecule has 0 bridgehead atoms. The summed E-state index contributed by atoms with van der Waals surface area (Å²) in [6, 6.07) is 3.69. The van der Waals surface area contributed by atoms with Gasteiger partial charge in [0.25, 0.3) is 0 Å². The van der Waals surface area contributed by atoms with Gasteiger partial charge in [-0.2, -0.15) is 0 Å². The molecule has 10 heteroatoms. The van der Waals surface area contributed by atoms with Gasteiger partial charge < -0.3 is 25.4 Å². The summed E-state index contributed by atoms with van der Waals surface area (Å²) < 4.78 is 31.8. The second kappa shape index (κ2) is 12.2. The van der Waals surface area contributed by atoms with Gasteiger partial charge in [-0.1, -0.05) is 6.07 Å². The minimum absolute atomic E-state index is 0.0884. The Morgan fingerprint density at radius 2 is 1.97 bits per heavy atom. The molecule has 2 aliphatic carbocycles. The van der Waals surface area contributed by atoms with Crippen LogP contribution in [0.4, 0.5) is 19.4 Å². The van der Waals surface area contributed by atoms with Crippen LogP contribution < -0.4 is 10.6 Å². The molecule has 0 aromatic carbocycles. The molecular weight excluding hydrogens is 470 g/mol. The number of anilines is 1. The van der Waals surface area contributed by atoms with Crippen LogP contribution >= 0.6 is 0 Å². The molecule has 1 aromatic rings. The molecule has 2 saturated carbocycles. The number of carboxylic acid groups (broad SMARTS) is 1. The first-order valence-electron chi connectivity index (χ1n) is 13.3. The van der Waals surface area contributed by atoms with Crippen molar-refractivity contribution in [1.29, 1.82) is 0 Å². The number of hydrogen-bond acceptors (Lipinski definition) is 6. The van der Waals surface area contributed by atoms with Gasteiger partial charge in [-0.05, 0) is 82.4 Å². The fourth-order valence-corrected chi connectivity index (χ4v) is 5.06. The highest BCUT2D eigenvalue weighted by atomic mass is 19.3. The van der Waals surface area contributed by atoms with Crippen LogP contribution in [-0.2, 0) is 22.4 Å². The Morgan fingerprint density at radius 1 is 1.19 bits per heavy atom. The number of ether oxygens (including phenoxy) is 1. The van der Waals surface area contributed by atoms with Crippen molar-refractivity contribution in [3.63, 3.8) is 0 Å². The molecule has 0 saturated heterocycles. The molecule has 2 fully saturated rings. The van der Waals surface area contributed by atoms with Crippen LogP contribution in [0.2, 0.25) is 0 Å². The molecule has 0 radical (unpaired) electrons. The molecule has 1 unspecified atom stereocenters. The third kappa shape index (κ3) is 8.01. The Balaban J connectivity index is 1.18. The molecule has 200 valence electrons. The molecule has 8 nitrogen and oxygen atoms in total. The first-order chi connectivity index (χ1) is 17.3. The van der Waals surface area contributed by atoms with E-state index in [1.165, 1.54) is 5.56 Å². The summed E-state index contributed by atoms with van der Waals surface area (Å²) in [4.78, 5) is 31.0. The highest BCUT2D eigenvalue weighted by Crippen LogP contribution is 2.34. The molecule has 1 aliphatic heterocycles. The quantitative estimate of drug-likeness (QED) is 0.360. The number of aryl methyl sites for hydroxylation is 2. The maximum Gasteiger partial charge on any atom is 0.408 e. The van der Waals surface area contributed by atoms with Crippen LogP contribution in [0.1, 0.15) is 75.5 Å². The SMILES string of the molecule is O=C(NC(CCN(CCCCc1ccc2c(n1)NCCC2)C1CC1)C(=O)O)OC1CCC(F)(F)CC1. The largest absolute Gasteiger partial charge is 0.480 e. The molecule has 36 heavy (non-hydrogen) atoms. The number of aliphatic carboxylic acids is 1. The van der Waals surface area contributed by atoms with Crippen LogP contribution in [0, 0.1) is 0 Å². The van der Waals surface area contributed by atoms with Crippen molar-refractivity contribution < 1.29 is 28.2 Å². The predicted octanol–water partition coefficient (Wildman–Crippen LogP) is 4.37. The smallest absolute Gasteiger partial charge is 0.408 e. The van der Waals surface area contributed by atoms with Crippen LogP contribution in [0.25, 0.3) is 0 Å². The number of carbonyl (C=O) groups excluding carboxylic acids is 1. The van der Waals surface area contributed by atoms with E-state index in [4.69, 9.17) is 9.72 Å². The van der Waals surface area contributed by atoms with Crippen molar-refractivity contribution in [1.82, 2.24) is 15.2 Å². The summed E-state index contributed by atoms with van der Waals surface area (Å²) in [7, 11) is 0. The lowest BCUT2D eigenvalue weighted by molar-refractivity contribution is -0.139. The number of amides is 1. The monoisotopic (exact) mass is 508 g/mol. The Labute approximate surface area is 211 Å². The highest BCUT2D eigenvalue weighted by Gasteiger charge is 2.37. The zero-order valence-electron chi connectivity index (χ0n) is 20.8. The van der Waals surface area contributed by atoms with Crippen molar-refractivity contribution in [3.05, 3.63) is 23.4 Å². The van der Waals surface area contributed by atoms with Crippen molar-refractivity contribution >= 4 is 17.9 Å². The number of alkyl halides is 2. The number of hydrogen-bond donors (Lipinski definition) is 3. The number of rotatable bonds is 12. The Bertz CT molecular complexity index is 902. The minimum Gasteiger partial charge on any atom is -0.480 e. The molecule has 3 aliphatic rings. The lowest BCUT2D eigenvalue weighted by atomic mass is 9.94. The third-order valence-corrected chi connectivity index (χ3v) is 7.38. The van der Waals surface area contributed by atoms with Gasteiger partial charge in [0, 0.05) is 37.7 Å². The first-order valence-corrected chi connectivity index (χ1v) is 13.3. The number of pyridine rings is 1. The number of unbranched alkanes of at least 4 members (excludes halogenated alkanes) is 1. The van der Waals surface area contributed by atoms with Crippen molar-refractivity contribution in [3.8, 4) is 0 Å².